The van der Waals surface area contributed by atoms with E-state index < -0.39 is 22.8 Å². The first-order valence-corrected chi connectivity index (χ1v) is 5.67. The number of carboxylic acid groups (broad SMARTS) is 1. The first kappa shape index (κ1) is 12.6. The van der Waals surface area contributed by atoms with Gasteiger partial charge in [-0.2, -0.15) is 0 Å². The van der Waals surface area contributed by atoms with Crippen LogP contribution in [0.1, 0.15) is 29.7 Å². The molecular weight excluding hydrogens is 240 g/mol. The lowest BCUT2D eigenvalue weighted by Gasteiger charge is -2.20. The van der Waals surface area contributed by atoms with Crippen molar-refractivity contribution < 1.29 is 14.6 Å². The summed E-state index contributed by atoms with van der Waals surface area (Å²) in [6.07, 6.45) is 1.92. The second-order valence-electron chi connectivity index (χ2n) is 4.38. The predicted octanol–water partition coefficient (Wildman–Crippen LogP) is -0.168. The Morgan fingerprint density at radius 2 is 2.33 bits per heavy atom. The number of aromatic carboxylic acids is 1. The Kier molecular flexibility index (Phi) is 3.33. The first-order valence-electron chi connectivity index (χ1n) is 5.67. The number of carbonyl (C=O) groups is 1. The molecule has 2 rings (SSSR count). The van der Waals surface area contributed by atoms with Crippen LogP contribution in [-0.2, 0) is 4.74 Å². The van der Waals surface area contributed by atoms with Crippen molar-refractivity contribution in [1.29, 1.82) is 0 Å². The van der Waals surface area contributed by atoms with Gasteiger partial charge in [0.15, 0.2) is 0 Å². The highest BCUT2D eigenvalue weighted by atomic mass is 16.5. The number of aromatic amines is 1. The first-order chi connectivity index (χ1) is 8.50. The minimum Gasteiger partial charge on any atom is -0.477 e. The van der Waals surface area contributed by atoms with E-state index in [-0.39, 0.29) is 12.0 Å². The Labute approximate surface area is 102 Å². The maximum atomic E-state index is 11.7. The number of ether oxygens (including phenoxy) is 1. The summed E-state index contributed by atoms with van der Waals surface area (Å²) in [6, 6.07) is -0.213. The van der Waals surface area contributed by atoms with E-state index in [1.807, 2.05) is 11.9 Å². The second kappa shape index (κ2) is 4.77. The molecule has 98 valence electrons. The average Bonchev–Trinajstić information content (AvgIpc) is 2.81. The van der Waals surface area contributed by atoms with Gasteiger partial charge in [-0.3, -0.25) is 14.3 Å². The molecule has 0 aliphatic carbocycles. The maximum Gasteiger partial charge on any atom is 0.342 e. The smallest absolute Gasteiger partial charge is 0.342 e. The van der Waals surface area contributed by atoms with E-state index >= 15 is 0 Å². The third-order valence-corrected chi connectivity index (χ3v) is 3.28. The van der Waals surface area contributed by atoms with Gasteiger partial charge >= 0.3 is 11.7 Å². The van der Waals surface area contributed by atoms with E-state index in [4.69, 9.17) is 9.84 Å². The van der Waals surface area contributed by atoms with Crippen LogP contribution in [0.15, 0.2) is 15.8 Å². The summed E-state index contributed by atoms with van der Waals surface area (Å²) in [5, 5.41) is 8.87. The van der Waals surface area contributed by atoms with Crippen LogP contribution in [0.3, 0.4) is 0 Å². The minimum atomic E-state index is -1.35. The standard InChI is InChI=1S/C11H14N2O5/c1-6(7-2-3-18-5-7)13-4-8(10(15)16)9(14)12-11(13)17/h4,6-7H,2-3,5H2,1H3,(H,15,16)(H,12,14,17). The molecule has 1 aromatic heterocycles. The molecule has 7 nitrogen and oxygen atoms in total. The molecule has 0 radical (unpaired) electrons. The van der Waals surface area contributed by atoms with Crippen molar-refractivity contribution in [2.75, 3.05) is 13.2 Å². The number of aromatic nitrogens is 2. The summed E-state index contributed by atoms with van der Waals surface area (Å²) in [5.41, 5.74) is -1.90. The molecule has 0 spiro atoms. The molecule has 0 aromatic carbocycles. The zero-order valence-corrected chi connectivity index (χ0v) is 9.88. The summed E-state index contributed by atoms with van der Waals surface area (Å²) >= 11 is 0. The van der Waals surface area contributed by atoms with Crippen molar-refractivity contribution in [2.24, 2.45) is 5.92 Å². The molecule has 2 heterocycles. The fourth-order valence-electron chi connectivity index (χ4n) is 2.10. The molecule has 0 amide bonds. The highest BCUT2D eigenvalue weighted by Crippen LogP contribution is 2.24. The number of nitrogens with one attached hydrogen (secondary N) is 1. The van der Waals surface area contributed by atoms with Crippen molar-refractivity contribution in [1.82, 2.24) is 9.55 Å². The Hall–Kier alpha value is -1.89. The normalized spacial score (nSPS) is 20.8. The molecule has 0 bridgehead atoms. The average molecular weight is 254 g/mol. The summed E-state index contributed by atoms with van der Waals surface area (Å²) in [6.45, 7) is 2.98. The van der Waals surface area contributed by atoms with Gasteiger partial charge in [0.2, 0.25) is 0 Å². The van der Waals surface area contributed by atoms with Crippen LogP contribution < -0.4 is 11.2 Å². The number of hydrogen-bond donors (Lipinski definition) is 2. The van der Waals surface area contributed by atoms with Crippen LogP contribution in [0.4, 0.5) is 0 Å². The van der Waals surface area contributed by atoms with Crippen LogP contribution in [-0.4, -0.2) is 33.8 Å². The van der Waals surface area contributed by atoms with E-state index in [0.29, 0.717) is 13.2 Å². The van der Waals surface area contributed by atoms with Crippen LogP contribution >= 0.6 is 0 Å². The van der Waals surface area contributed by atoms with Gasteiger partial charge < -0.3 is 9.84 Å². The van der Waals surface area contributed by atoms with E-state index in [2.05, 4.69) is 0 Å². The molecule has 1 fully saturated rings. The lowest BCUT2D eigenvalue weighted by molar-refractivity contribution is 0.0693. The number of hydrogen-bond acceptors (Lipinski definition) is 4. The highest BCUT2D eigenvalue weighted by Gasteiger charge is 2.25. The molecule has 18 heavy (non-hydrogen) atoms. The van der Waals surface area contributed by atoms with E-state index in [0.717, 1.165) is 12.6 Å². The second-order valence-corrected chi connectivity index (χ2v) is 4.38. The van der Waals surface area contributed by atoms with Gasteiger partial charge in [-0.25, -0.2) is 9.59 Å². The molecule has 1 aliphatic rings. The number of nitrogens with zero attached hydrogens (tertiary/aromatic N) is 1. The van der Waals surface area contributed by atoms with Gasteiger partial charge in [-0.1, -0.05) is 0 Å². The topological polar surface area (TPSA) is 101 Å². The zero-order valence-electron chi connectivity index (χ0n) is 9.88. The van der Waals surface area contributed by atoms with Gasteiger partial charge in [-0.05, 0) is 13.3 Å². The van der Waals surface area contributed by atoms with Gasteiger partial charge in [0.05, 0.1) is 6.61 Å². The quantitative estimate of drug-likeness (QED) is 0.780. The third kappa shape index (κ3) is 2.21. The molecule has 7 heteroatoms. The number of rotatable bonds is 3. The lowest BCUT2D eigenvalue weighted by Crippen LogP contribution is -2.36. The minimum absolute atomic E-state index is 0.148. The lowest BCUT2D eigenvalue weighted by atomic mass is 10.0. The van der Waals surface area contributed by atoms with Crippen LogP contribution in [0.5, 0.6) is 0 Å². The van der Waals surface area contributed by atoms with Gasteiger partial charge in [0.25, 0.3) is 5.56 Å². The Balaban J connectivity index is 2.43. The monoisotopic (exact) mass is 254 g/mol. The highest BCUT2D eigenvalue weighted by molar-refractivity contribution is 5.86. The van der Waals surface area contributed by atoms with Crippen LogP contribution in [0.2, 0.25) is 0 Å². The van der Waals surface area contributed by atoms with Crippen molar-refractivity contribution in [3.63, 3.8) is 0 Å². The molecule has 1 aromatic rings. The Bertz CT molecular complexity index is 568. The van der Waals surface area contributed by atoms with E-state index in [1.165, 1.54) is 4.57 Å². The largest absolute Gasteiger partial charge is 0.477 e. The molecule has 2 N–H and O–H groups in total. The van der Waals surface area contributed by atoms with Crippen molar-refractivity contribution in [2.45, 2.75) is 19.4 Å². The van der Waals surface area contributed by atoms with Gasteiger partial charge in [-0.15, -0.1) is 0 Å². The van der Waals surface area contributed by atoms with Crippen molar-refractivity contribution >= 4 is 5.97 Å². The SMILES string of the molecule is CC(C1CCOC1)n1cc(C(=O)O)c(=O)[nH]c1=O. The van der Waals surface area contributed by atoms with Crippen molar-refractivity contribution in [3.8, 4) is 0 Å². The molecule has 0 saturated carbocycles. The summed E-state index contributed by atoms with van der Waals surface area (Å²) in [7, 11) is 0. The molecular formula is C11H14N2O5. The molecule has 1 saturated heterocycles. The maximum absolute atomic E-state index is 11.7. The van der Waals surface area contributed by atoms with E-state index in [9.17, 15) is 14.4 Å². The zero-order chi connectivity index (χ0) is 13.3. The summed E-state index contributed by atoms with van der Waals surface area (Å²) < 4.78 is 6.49. The van der Waals surface area contributed by atoms with Crippen LogP contribution in [0, 0.1) is 5.92 Å². The molecule has 2 unspecified atom stereocenters. The fourth-order valence-corrected chi connectivity index (χ4v) is 2.10. The van der Waals surface area contributed by atoms with Gasteiger partial charge in [0, 0.05) is 24.8 Å². The molecule has 1 aliphatic heterocycles. The number of carboxylic acids is 1. The molecule has 2 atom stereocenters. The summed E-state index contributed by atoms with van der Waals surface area (Å²) in [5.74, 6) is -1.20. The van der Waals surface area contributed by atoms with Gasteiger partial charge in [0.1, 0.15) is 5.56 Å². The Morgan fingerprint density at radius 3 is 2.89 bits per heavy atom. The predicted molar refractivity (Wildman–Crippen MR) is 61.9 cm³/mol. The third-order valence-electron chi connectivity index (χ3n) is 3.28. The Morgan fingerprint density at radius 1 is 1.61 bits per heavy atom. The van der Waals surface area contributed by atoms with Crippen LogP contribution in [0.25, 0.3) is 0 Å². The number of H-pyrrole nitrogens is 1. The summed E-state index contributed by atoms with van der Waals surface area (Å²) in [4.78, 5) is 35.9. The van der Waals surface area contributed by atoms with Crippen molar-refractivity contribution in [3.05, 3.63) is 32.6 Å². The van der Waals surface area contributed by atoms with E-state index in [1.54, 1.807) is 0 Å². The fraction of sp³-hybridized carbons (Fsp3) is 0.545.